The lowest BCUT2D eigenvalue weighted by molar-refractivity contribution is 0.0613. The standard InChI is InChI=1S/C20H18FN3O/c21-15-9-7-14(8-10-15)18-6-1-2-13-24(18)20(25)16-4-3-5-17-19(16)23-12-11-22-17/h3-5,7-12,18H,1-2,6,13H2/t18-/m1/s1. The normalized spacial score (nSPS) is 17.6. The second-order valence-corrected chi connectivity index (χ2v) is 6.29. The van der Waals surface area contributed by atoms with E-state index in [1.165, 1.54) is 12.1 Å². The Morgan fingerprint density at radius 3 is 2.68 bits per heavy atom. The molecule has 1 amide bonds. The summed E-state index contributed by atoms with van der Waals surface area (Å²) in [5, 5.41) is 0. The maximum atomic E-state index is 13.3. The van der Waals surface area contributed by atoms with Crippen molar-refractivity contribution in [3.05, 3.63) is 71.8 Å². The van der Waals surface area contributed by atoms with Crippen LogP contribution in [0.25, 0.3) is 11.0 Å². The van der Waals surface area contributed by atoms with E-state index in [4.69, 9.17) is 0 Å². The number of rotatable bonds is 2. The number of carbonyl (C=O) groups excluding carboxylic acids is 1. The smallest absolute Gasteiger partial charge is 0.256 e. The molecule has 0 radical (unpaired) electrons. The molecule has 1 saturated heterocycles. The Balaban J connectivity index is 1.72. The minimum absolute atomic E-state index is 0.0335. The third kappa shape index (κ3) is 2.97. The summed E-state index contributed by atoms with van der Waals surface area (Å²) in [5.74, 6) is -0.304. The average Bonchev–Trinajstić information content (AvgIpc) is 2.68. The van der Waals surface area contributed by atoms with Crippen molar-refractivity contribution in [1.29, 1.82) is 0 Å². The van der Waals surface area contributed by atoms with Gasteiger partial charge < -0.3 is 4.90 Å². The molecule has 1 fully saturated rings. The summed E-state index contributed by atoms with van der Waals surface area (Å²) in [6, 6.07) is 11.9. The van der Waals surface area contributed by atoms with Crippen LogP contribution in [0.4, 0.5) is 4.39 Å². The number of benzene rings is 2. The highest BCUT2D eigenvalue weighted by molar-refractivity contribution is 6.04. The molecule has 4 nitrogen and oxygen atoms in total. The molecule has 25 heavy (non-hydrogen) atoms. The largest absolute Gasteiger partial charge is 0.332 e. The van der Waals surface area contributed by atoms with E-state index >= 15 is 0 Å². The molecule has 126 valence electrons. The zero-order valence-corrected chi connectivity index (χ0v) is 13.7. The predicted molar refractivity (Wildman–Crippen MR) is 93.6 cm³/mol. The van der Waals surface area contributed by atoms with Crippen molar-refractivity contribution in [2.75, 3.05) is 6.54 Å². The Morgan fingerprint density at radius 1 is 1.04 bits per heavy atom. The third-order valence-electron chi connectivity index (χ3n) is 4.75. The zero-order chi connectivity index (χ0) is 17.2. The Kier molecular flexibility index (Phi) is 4.14. The second-order valence-electron chi connectivity index (χ2n) is 6.29. The van der Waals surface area contributed by atoms with Gasteiger partial charge in [-0.1, -0.05) is 18.2 Å². The predicted octanol–water partition coefficient (Wildman–Crippen LogP) is 4.14. The highest BCUT2D eigenvalue weighted by Gasteiger charge is 2.29. The molecule has 5 heteroatoms. The molecule has 0 spiro atoms. The highest BCUT2D eigenvalue weighted by Crippen LogP contribution is 2.33. The molecule has 0 unspecified atom stereocenters. The summed E-state index contributed by atoms with van der Waals surface area (Å²) in [6.45, 7) is 0.692. The van der Waals surface area contributed by atoms with E-state index in [1.54, 1.807) is 30.6 Å². The first-order valence-electron chi connectivity index (χ1n) is 8.50. The molecule has 1 aromatic heterocycles. The van der Waals surface area contributed by atoms with Gasteiger partial charge in [0.05, 0.1) is 17.1 Å². The zero-order valence-electron chi connectivity index (χ0n) is 13.7. The summed E-state index contributed by atoms with van der Waals surface area (Å²) in [5.41, 5.74) is 2.88. The fourth-order valence-corrected chi connectivity index (χ4v) is 3.53. The van der Waals surface area contributed by atoms with E-state index in [-0.39, 0.29) is 17.8 Å². The number of likely N-dealkylation sites (tertiary alicyclic amines) is 1. The van der Waals surface area contributed by atoms with Crippen molar-refractivity contribution in [2.24, 2.45) is 0 Å². The van der Waals surface area contributed by atoms with Gasteiger partial charge >= 0.3 is 0 Å². The highest BCUT2D eigenvalue weighted by atomic mass is 19.1. The number of aromatic nitrogens is 2. The van der Waals surface area contributed by atoms with E-state index in [9.17, 15) is 9.18 Å². The van der Waals surface area contributed by atoms with E-state index in [0.29, 0.717) is 23.1 Å². The number of nitrogens with zero attached hydrogens (tertiary/aromatic N) is 3. The number of hydrogen-bond acceptors (Lipinski definition) is 3. The Bertz CT molecular complexity index is 905. The average molecular weight is 335 g/mol. The lowest BCUT2D eigenvalue weighted by atomic mass is 9.94. The first-order chi connectivity index (χ1) is 12.2. The fraction of sp³-hybridized carbons (Fsp3) is 0.250. The Morgan fingerprint density at radius 2 is 1.84 bits per heavy atom. The van der Waals surface area contributed by atoms with Crippen LogP contribution in [0.3, 0.4) is 0 Å². The number of hydrogen-bond donors (Lipinski definition) is 0. The van der Waals surface area contributed by atoms with Crippen LogP contribution in [0.1, 0.15) is 41.2 Å². The van der Waals surface area contributed by atoms with Crippen LogP contribution in [0.2, 0.25) is 0 Å². The van der Waals surface area contributed by atoms with Crippen molar-refractivity contribution in [3.63, 3.8) is 0 Å². The van der Waals surface area contributed by atoms with Crippen molar-refractivity contribution in [2.45, 2.75) is 25.3 Å². The Hall–Kier alpha value is -2.82. The SMILES string of the molecule is O=C(c1cccc2nccnc12)N1CCCC[C@@H]1c1ccc(F)cc1. The monoisotopic (exact) mass is 335 g/mol. The van der Waals surface area contributed by atoms with Gasteiger partial charge in [-0.15, -0.1) is 0 Å². The Labute approximate surface area is 145 Å². The van der Waals surface area contributed by atoms with Gasteiger partial charge in [0.2, 0.25) is 0 Å². The van der Waals surface area contributed by atoms with Gasteiger partial charge in [-0.3, -0.25) is 14.8 Å². The van der Waals surface area contributed by atoms with Crippen molar-refractivity contribution >= 4 is 16.9 Å². The van der Waals surface area contributed by atoms with Crippen molar-refractivity contribution in [3.8, 4) is 0 Å². The van der Waals surface area contributed by atoms with Crippen LogP contribution in [0.5, 0.6) is 0 Å². The van der Waals surface area contributed by atoms with E-state index in [1.807, 2.05) is 17.0 Å². The molecule has 0 N–H and O–H groups in total. The number of halogens is 1. The molecule has 2 aromatic carbocycles. The van der Waals surface area contributed by atoms with Crippen LogP contribution in [0.15, 0.2) is 54.9 Å². The maximum absolute atomic E-state index is 13.3. The van der Waals surface area contributed by atoms with Gasteiger partial charge in [-0.05, 0) is 49.1 Å². The van der Waals surface area contributed by atoms with Crippen LogP contribution >= 0.6 is 0 Å². The number of para-hydroxylation sites is 1. The summed E-state index contributed by atoms with van der Waals surface area (Å²) >= 11 is 0. The van der Waals surface area contributed by atoms with E-state index in [2.05, 4.69) is 9.97 Å². The van der Waals surface area contributed by atoms with Crippen LogP contribution in [-0.2, 0) is 0 Å². The first kappa shape index (κ1) is 15.7. The van der Waals surface area contributed by atoms with Gasteiger partial charge in [0.1, 0.15) is 11.3 Å². The molecule has 1 atom stereocenters. The number of piperidine rings is 1. The minimum Gasteiger partial charge on any atom is -0.332 e. The summed E-state index contributed by atoms with van der Waals surface area (Å²) in [6.07, 6.45) is 6.14. The second kappa shape index (κ2) is 6.59. The van der Waals surface area contributed by atoms with Gasteiger partial charge in [-0.25, -0.2) is 4.39 Å². The van der Waals surface area contributed by atoms with Gasteiger partial charge in [-0.2, -0.15) is 0 Å². The molecule has 2 heterocycles. The fourth-order valence-electron chi connectivity index (χ4n) is 3.53. The van der Waals surface area contributed by atoms with Crippen molar-refractivity contribution in [1.82, 2.24) is 14.9 Å². The number of carbonyl (C=O) groups is 1. The first-order valence-corrected chi connectivity index (χ1v) is 8.50. The molecular weight excluding hydrogens is 317 g/mol. The van der Waals surface area contributed by atoms with Crippen LogP contribution in [0, 0.1) is 5.82 Å². The van der Waals surface area contributed by atoms with E-state index in [0.717, 1.165) is 24.8 Å². The lowest BCUT2D eigenvalue weighted by Crippen LogP contribution is -2.38. The summed E-state index contributed by atoms with van der Waals surface area (Å²) in [4.78, 5) is 23.8. The topological polar surface area (TPSA) is 46.1 Å². The quantitative estimate of drug-likeness (QED) is 0.707. The molecule has 0 saturated carbocycles. The summed E-state index contributed by atoms with van der Waals surface area (Å²) < 4.78 is 13.3. The minimum atomic E-state index is -0.262. The third-order valence-corrected chi connectivity index (χ3v) is 4.75. The molecular formula is C20H18FN3O. The molecule has 4 rings (SSSR count). The van der Waals surface area contributed by atoms with Gasteiger partial charge in [0, 0.05) is 18.9 Å². The molecule has 3 aromatic rings. The van der Waals surface area contributed by atoms with Crippen molar-refractivity contribution < 1.29 is 9.18 Å². The molecule has 0 bridgehead atoms. The van der Waals surface area contributed by atoms with Gasteiger partial charge in [0.25, 0.3) is 5.91 Å². The molecule has 1 aliphatic rings. The summed E-state index contributed by atoms with van der Waals surface area (Å²) in [7, 11) is 0. The molecule has 1 aliphatic heterocycles. The van der Waals surface area contributed by atoms with Crippen LogP contribution in [-0.4, -0.2) is 27.3 Å². The molecule has 0 aliphatic carbocycles. The maximum Gasteiger partial charge on any atom is 0.256 e. The van der Waals surface area contributed by atoms with Gasteiger partial charge in [0.15, 0.2) is 0 Å². The van der Waals surface area contributed by atoms with E-state index < -0.39 is 0 Å². The lowest BCUT2D eigenvalue weighted by Gasteiger charge is -2.36. The van der Waals surface area contributed by atoms with Crippen LogP contribution < -0.4 is 0 Å². The number of amides is 1. The number of fused-ring (bicyclic) bond motifs is 1.